The Bertz CT molecular complexity index is 307. The average Bonchev–Trinajstić information content (AvgIpc) is 2.80. The molecule has 1 aliphatic heterocycles. The second kappa shape index (κ2) is 6.21. The second-order valence-corrected chi connectivity index (χ2v) is 5.11. The fourth-order valence-electron chi connectivity index (χ4n) is 2.01. The van der Waals surface area contributed by atoms with Crippen molar-refractivity contribution in [1.82, 2.24) is 9.88 Å². The normalized spacial score (nSPS) is 16.6. The molecule has 0 saturated carbocycles. The Morgan fingerprint density at radius 1 is 1.31 bits per heavy atom. The molecule has 88 valence electrons. The zero-order valence-electron chi connectivity index (χ0n) is 9.45. The SMILES string of the molecule is Brc1ccc(NCCCN2CCCC2)nc1. The van der Waals surface area contributed by atoms with Crippen molar-refractivity contribution in [3.05, 3.63) is 22.8 Å². The van der Waals surface area contributed by atoms with Crippen molar-refractivity contribution in [3.8, 4) is 0 Å². The van der Waals surface area contributed by atoms with Crippen molar-refractivity contribution in [1.29, 1.82) is 0 Å². The van der Waals surface area contributed by atoms with E-state index in [-0.39, 0.29) is 0 Å². The van der Waals surface area contributed by atoms with Gasteiger partial charge in [-0.1, -0.05) is 0 Å². The van der Waals surface area contributed by atoms with E-state index < -0.39 is 0 Å². The van der Waals surface area contributed by atoms with E-state index in [2.05, 4.69) is 31.1 Å². The monoisotopic (exact) mass is 283 g/mol. The predicted octanol–water partition coefficient (Wildman–Crippen LogP) is 2.74. The number of aromatic nitrogens is 1. The summed E-state index contributed by atoms with van der Waals surface area (Å²) in [4.78, 5) is 6.81. The Morgan fingerprint density at radius 3 is 2.81 bits per heavy atom. The molecule has 1 aromatic heterocycles. The third-order valence-corrected chi connectivity index (χ3v) is 3.35. The molecule has 0 spiro atoms. The van der Waals surface area contributed by atoms with E-state index in [4.69, 9.17) is 0 Å². The number of hydrogen-bond acceptors (Lipinski definition) is 3. The lowest BCUT2D eigenvalue weighted by molar-refractivity contribution is 0.337. The van der Waals surface area contributed by atoms with Gasteiger partial charge in [0.05, 0.1) is 0 Å². The molecule has 0 bridgehead atoms. The quantitative estimate of drug-likeness (QED) is 0.843. The topological polar surface area (TPSA) is 28.2 Å². The van der Waals surface area contributed by atoms with Gasteiger partial charge in [0, 0.05) is 17.2 Å². The number of nitrogens with zero attached hydrogens (tertiary/aromatic N) is 2. The van der Waals surface area contributed by atoms with E-state index in [1.807, 2.05) is 18.3 Å². The lowest BCUT2D eigenvalue weighted by Gasteiger charge is -2.14. The van der Waals surface area contributed by atoms with Gasteiger partial charge < -0.3 is 10.2 Å². The maximum atomic E-state index is 4.28. The fraction of sp³-hybridized carbons (Fsp3) is 0.583. The largest absolute Gasteiger partial charge is 0.370 e. The molecule has 1 N–H and O–H groups in total. The highest BCUT2D eigenvalue weighted by Gasteiger charge is 2.09. The van der Waals surface area contributed by atoms with Crippen molar-refractivity contribution in [3.63, 3.8) is 0 Å². The summed E-state index contributed by atoms with van der Waals surface area (Å²) >= 11 is 3.38. The smallest absolute Gasteiger partial charge is 0.125 e. The minimum absolute atomic E-state index is 0.963. The Hall–Kier alpha value is -0.610. The molecule has 0 amide bonds. The molecular weight excluding hydrogens is 266 g/mol. The molecule has 1 aliphatic rings. The van der Waals surface area contributed by atoms with Crippen LogP contribution in [0.2, 0.25) is 0 Å². The number of hydrogen-bond donors (Lipinski definition) is 1. The van der Waals surface area contributed by atoms with Gasteiger partial charge in [-0.25, -0.2) is 4.98 Å². The van der Waals surface area contributed by atoms with Crippen LogP contribution < -0.4 is 5.32 Å². The van der Waals surface area contributed by atoms with E-state index in [9.17, 15) is 0 Å². The van der Waals surface area contributed by atoms with Crippen molar-refractivity contribution >= 4 is 21.7 Å². The van der Waals surface area contributed by atoms with Crippen molar-refractivity contribution in [2.45, 2.75) is 19.3 Å². The van der Waals surface area contributed by atoms with Gasteiger partial charge in [-0.15, -0.1) is 0 Å². The second-order valence-electron chi connectivity index (χ2n) is 4.19. The van der Waals surface area contributed by atoms with Gasteiger partial charge in [0.1, 0.15) is 5.82 Å². The molecule has 2 heterocycles. The average molecular weight is 284 g/mol. The molecule has 3 nitrogen and oxygen atoms in total. The number of rotatable bonds is 5. The highest BCUT2D eigenvalue weighted by molar-refractivity contribution is 9.10. The zero-order valence-corrected chi connectivity index (χ0v) is 11.0. The zero-order chi connectivity index (χ0) is 11.2. The first-order valence-corrected chi connectivity index (χ1v) is 6.72. The lowest BCUT2D eigenvalue weighted by Crippen LogP contribution is -2.22. The van der Waals surface area contributed by atoms with E-state index in [1.165, 1.54) is 38.9 Å². The molecule has 4 heteroatoms. The van der Waals surface area contributed by atoms with E-state index in [0.717, 1.165) is 16.8 Å². The summed E-state index contributed by atoms with van der Waals surface area (Å²) in [6.07, 6.45) is 5.77. The van der Waals surface area contributed by atoms with Gasteiger partial charge >= 0.3 is 0 Å². The fourth-order valence-corrected chi connectivity index (χ4v) is 2.24. The highest BCUT2D eigenvalue weighted by atomic mass is 79.9. The van der Waals surface area contributed by atoms with Crippen LogP contribution in [-0.2, 0) is 0 Å². The summed E-state index contributed by atoms with van der Waals surface area (Å²) in [5.41, 5.74) is 0. The molecular formula is C12H18BrN3. The minimum atomic E-state index is 0.963. The number of nitrogens with one attached hydrogen (secondary N) is 1. The van der Waals surface area contributed by atoms with Crippen LogP contribution in [-0.4, -0.2) is 36.1 Å². The van der Waals surface area contributed by atoms with Crippen molar-refractivity contribution in [2.75, 3.05) is 31.5 Å². The third-order valence-electron chi connectivity index (χ3n) is 2.88. The van der Waals surface area contributed by atoms with Crippen LogP contribution in [0.15, 0.2) is 22.8 Å². The Kier molecular flexibility index (Phi) is 4.60. The van der Waals surface area contributed by atoms with Crippen molar-refractivity contribution in [2.24, 2.45) is 0 Å². The molecule has 1 aromatic rings. The summed E-state index contributed by atoms with van der Waals surface area (Å²) in [6, 6.07) is 4.01. The first-order valence-electron chi connectivity index (χ1n) is 5.92. The highest BCUT2D eigenvalue weighted by Crippen LogP contribution is 2.11. The summed E-state index contributed by atoms with van der Waals surface area (Å²) in [6.45, 7) is 4.79. The summed E-state index contributed by atoms with van der Waals surface area (Å²) in [5.74, 6) is 0.963. The maximum Gasteiger partial charge on any atom is 0.125 e. The molecule has 0 radical (unpaired) electrons. The van der Waals surface area contributed by atoms with Crippen LogP contribution >= 0.6 is 15.9 Å². The van der Waals surface area contributed by atoms with Crippen LogP contribution in [0, 0.1) is 0 Å². The van der Waals surface area contributed by atoms with E-state index in [1.54, 1.807) is 0 Å². The predicted molar refractivity (Wildman–Crippen MR) is 70.7 cm³/mol. The molecule has 1 saturated heterocycles. The molecule has 0 atom stereocenters. The standard InChI is InChI=1S/C12H18BrN3/c13-11-4-5-12(15-10-11)14-6-3-9-16-7-1-2-8-16/h4-5,10H,1-3,6-9H2,(H,14,15). The third kappa shape index (κ3) is 3.76. The van der Waals surface area contributed by atoms with Crippen LogP contribution in [0.1, 0.15) is 19.3 Å². The van der Waals surface area contributed by atoms with Gasteiger partial charge in [-0.2, -0.15) is 0 Å². The van der Waals surface area contributed by atoms with Gasteiger partial charge in [0.15, 0.2) is 0 Å². The van der Waals surface area contributed by atoms with E-state index >= 15 is 0 Å². The van der Waals surface area contributed by atoms with Gasteiger partial charge in [-0.3, -0.25) is 0 Å². The molecule has 2 rings (SSSR count). The number of anilines is 1. The number of likely N-dealkylation sites (tertiary alicyclic amines) is 1. The maximum absolute atomic E-state index is 4.28. The van der Waals surface area contributed by atoms with Crippen molar-refractivity contribution < 1.29 is 0 Å². The number of halogens is 1. The van der Waals surface area contributed by atoms with Crippen LogP contribution in [0.3, 0.4) is 0 Å². The molecule has 0 aliphatic carbocycles. The molecule has 0 unspecified atom stereocenters. The van der Waals surface area contributed by atoms with Crippen LogP contribution in [0.25, 0.3) is 0 Å². The summed E-state index contributed by atoms with van der Waals surface area (Å²) in [7, 11) is 0. The lowest BCUT2D eigenvalue weighted by atomic mass is 10.4. The summed E-state index contributed by atoms with van der Waals surface area (Å²) < 4.78 is 1.02. The van der Waals surface area contributed by atoms with Gasteiger partial charge in [0.25, 0.3) is 0 Å². The Balaban J connectivity index is 1.62. The Morgan fingerprint density at radius 2 is 2.12 bits per heavy atom. The van der Waals surface area contributed by atoms with Crippen LogP contribution in [0.4, 0.5) is 5.82 Å². The molecule has 16 heavy (non-hydrogen) atoms. The minimum Gasteiger partial charge on any atom is -0.370 e. The van der Waals surface area contributed by atoms with Gasteiger partial charge in [-0.05, 0) is 67.0 Å². The summed E-state index contributed by atoms with van der Waals surface area (Å²) in [5, 5.41) is 3.34. The molecule has 0 aromatic carbocycles. The molecule has 1 fully saturated rings. The first kappa shape index (κ1) is 11.9. The van der Waals surface area contributed by atoms with Crippen LogP contribution in [0.5, 0.6) is 0 Å². The van der Waals surface area contributed by atoms with E-state index in [0.29, 0.717) is 0 Å². The first-order chi connectivity index (χ1) is 7.84. The number of pyridine rings is 1. The van der Waals surface area contributed by atoms with Gasteiger partial charge in [0.2, 0.25) is 0 Å². The Labute approximate surface area is 105 Å².